The molecule has 0 bridgehead atoms. The fourth-order valence-electron chi connectivity index (χ4n) is 1.50. The molecule has 0 aliphatic carbocycles. The molecule has 1 unspecified atom stereocenters. The molecular weight excluding hydrogens is 196 g/mol. The average molecular weight is 208 g/mol. The number of hydrogen-bond donors (Lipinski definition) is 2. The van der Waals surface area contributed by atoms with Gasteiger partial charge in [-0.2, -0.15) is 5.10 Å². The second-order valence-electron chi connectivity index (χ2n) is 3.52. The molecule has 2 aromatic rings. The molecule has 0 radical (unpaired) electrons. The largest absolute Gasteiger partial charge is 0.326 e. The zero-order valence-corrected chi connectivity index (χ0v) is 8.57. The smallest absolute Gasteiger partial charge is 0.304 e. The van der Waals surface area contributed by atoms with Crippen LogP contribution in [0.4, 0.5) is 0 Å². The SMILES string of the molecule is CCC(C)n1ncc2[nH]c(=O)[nH]c(=O)c21. The lowest BCUT2D eigenvalue weighted by molar-refractivity contribution is 0.491. The van der Waals surface area contributed by atoms with Gasteiger partial charge in [-0.25, -0.2) is 4.79 Å². The minimum absolute atomic E-state index is 0.134. The van der Waals surface area contributed by atoms with Crippen LogP contribution in [0.1, 0.15) is 26.3 Å². The Morgan fingerprint density at radius 2 is 2.20 bits per heavy atom. The van der Waals surface area contributed by atoms with Crippen molar-refractivity contribution in [2.24, 2.45) is 0 Å². The van der Waals surface area contributed by atoms with Gasteiger partial charge in [0, 0.05) is 6.04 Å². The third-order valence-corrected chi connectivity index (χ3v) is 2.49. The van der Waals surface area contributed by atoms with Gasteiger partial charge in [-0.3, -0.25) is 14.5 Å². The van der Waals surface area contributed by atoms with Crippen molar-refractivity contribution in [1.82, 2.24) is 19.7 Å². The number of H-pyrrole nitrogens is 2. The Hall–Kier alpha value is -1.85. The first-order valence-electron chi connectivity index (χ1n) is 4.83. The maximum absolute atomic E-state index is 11.6. The first-order chi connectivity index (χ1) is 7.13. The van der Waals surface area contributed by atoms with Crippen LogP contribution in [0, 0.1) is 0 Å². The zero-order chi connectivity index (χ0) is 11.0. The van der Waals surface area contributed by atoms with Gasteiger partial charge in [-0.1, -0.05) is 6.92 Å². The monoisotopic (exact) mass is 208 g/mol. The van der Waals surface area contributed by atoms with Crippen LogP contribution in [-0.2, 0) is 0 Å². The first-order valence-corrected chi connectivity index (χ1v) is 4.83. The number of aromatic nitrogens is 4. The predicted octanol–water partition coefficient (Wildman–Crippen LogP) is 0.384. The number of nitrogens with zero attached hydrogens (tertiary/aromatic N) is 2. The summed E-state index contributed by atoms with van der Waals surface area (Å²) in [5.41, 5.74) is -0.00393. The summed E-state index contributed by atoms with van der Waals surface area (Å²) in [6, 6.07) is 0.134. The van der Waals surface area contributed by atoms with E-state index in [9.17, 15) is 9.59 Å². The molecule has 0 aromatic carbocycles. The zero-order valence-electron chi connectivity index (χ0n) is 8.57. The van der Waals surface area contributed by atoms with Crippen molar-refractivity contribution in [2.75, 3.05) is 0 Å². The van der Waals surface area contributed by atoms with Crippen LogP contribution in [0.25, 0.3) is 11.0 Å². The fraction of sp³-hybridized carbons (Fsp3) is 0.444. The van der Waals surface area contributed by atoms with Gasteiger partial charge in [0.1, 0.15) is 0 Å². The van der Waals surface area contributed by atoms with E-state index in [2.05, 4.69) is 15.1 Å². The molecule has 2 aromatic heterocycles. The Morgan fingerprint density at radius 1 is 1.47 bits per heavy atom. The third kappa shape index (κ3) is 1.47. The molecule has 0 saturated heterocycles. The minimum atomic E-state index is -0.504. The summed E-state index contributed by atoms with van der Waals surface area (Å²) in [5, 5.41) is 4.09. The van der Waals surface area contributed by atoms with Crippen LogP contribution in [0.2, 0.25) is 0 Å². The second-order valence-corrected chi connectivity index (χ2v) is 3.52. The van der Waals surface area contributed by atoms with Gasteiger partial charge in [-0.05, 0) is 13.3 Å². The van der Waals surface area contributed by atoms with Crippen molar-refractivity contribution < 1.29 is 0 Å². The van der Waals surface area contributed by atoms with E-state index in [0.717, 1.165) is 6.42 Å². The molecule has 6 nitrogen and oxygen atoms in total. The molecule has 0 amide bonds. The van der Waals surface area contributed by atoms with Crippen molar-refractivity contribution in [2.45, 2.75) is 26.3 Å². The predicted molar refractivity (Wildman–Crippen MR) is 56.0 cm³/mol. The summed E-state index contributed by atoms with van der Waals surface area (Å²) >= 11 is 0. The molecule has 1 atom stereocenters. The lowest BCUT2D eigenvalue weighted by Gasteiger charge is -2.09. The van der Waals surface area contributed by atoms with E-state index in [1.807, 2.05) is 13.8 Å². The highest BCUT2D eigenvalue weighted by Crippen LogP contribution is 2.13. The van der Waals surface area contributed by atoms with E-state index in [0.29, 0.717) is 11.0 Å². The molecule has 0 spiro atoms. The van der Waals surface area contributed by atoms with E-state index in [-0.39, 0.29) is 6.04 Å². The number of hydrogen-bond acceptors (Lipinski definition) is 3. The Morgan fingerprint density at radius 3 is 2.87 bits per heavy atom. The van der Waals surface area contributed by atoms with Crippen molar-refractivity contribution in [3.05, 3.63) is 27.0 Å². The van der Waals surface area contributed by atoms with Gasteiger partial charge in [0.2, 0.25) is 0 Å². The van der Waals surface area contributed by atoms with E-state index in [1.54, 1.807) is 4.68 Å². The molecule has 0 aliphatic heterocycles. The van der Waals surface area contributed by atoms with Crippen LogP contribution in [0.15, 0.2) is 15.8 Å². The summed E-state index contributed by atoms with van der Waals surface area (Å²) in [6.45, 7) is 3.98. The maximum Gasteiger partial charge on any atom is 0.326 e. The molecule has 0 saturated carbocycles. The van der Waals surface area contributed by atoms with Crippen LogP contribution in [-0.4, -0.2) is 19.7 Å². The lowest BCUT2D eigenvalue weighted by atomic mass is 10.2. The molecule has 2 N–H and O–H groups in total. The van der Waals surface area contributed by atoms with Crippen molar-refractivity contribution in [3.63, 3.8) is 0 Å². The molecule has 6 heteroatoms. The standard InChI is InChI=1S/C9H12N4O2/c1-3-5(2)13-7-6(4-10-13)11-9(15)12-8(7)14/h4-5H,3H2,1-2H3,(H2,11,12,14,15). The van der Waals surface area contributed by atoms with Gasteiger partial charge >= 0.3 is 5.69 Å². The Bertz CT molecular complexity index is 592. The van der Waals surface area contributed by atoms with Gasteiger partial charge in [0.05, 0.1) is 11.7 Å². The van der Waals surface area contributed by atoms with Crippen molar-refractivity contribution in [3.8, 4) is 0 Å². The molecule has 2 rings (SSSR count). The first kappa shape index (κ1) is 9.70. The van der Waals surface area contributed by atoms with Crippen LogP contribution in [0.3, 0.4) is 0 Å². The number of aromatic amines is 2. The molecule has 0 fully saturated rings. The average Bonchev–Trinajstić information content (AvgIpc) is 2.60. The second kappa shape index (κ2) is 3.38. The van der Waals surface area contributed by atoms with Crippen molar-refractivity contribution >= 4 is 11.0 Å². The highest BCUT2D eigenvalue weighted by atomic mass is 16.2. The summed E-state index contributed by atoms with van der Waals surface area (Å²) in [7, 11) is 0. The Labute approximate surface area is 84.9 Å². The topological polar surface area (TPSA) is 83.5 Å². The summed E-state index contributed by atoms with van der Waals surface area (Å²) < 4.78 is 1.63. The molecule has 15 heavy (non-hydrogen) atoms. The summed E-state index contributed by atoms with van der Waals surface area (Å²) in [4.78, 5) is 27.3. The minimum Gasteiger partial charge on any atom is -0.304 e. The normalized spacial score (nSPS) is 13.2. The van der Waals surface area contributed by atoms with Crippen molar-refractivity contribution in [1.29, 1.82) is 0 Å². The number of fused-ring (bicyclic) bond motifs is 1. The lowest BCUT2D eigenvalue weighted by Crippen LogP contribution is -2.24. The molecule has 2 heterocycles. The Kier molecular flexibility index (Phi) is 2.18. The number of nitrogens with one attached hydrogen (secondary N) is 2. The number of rotatable bonds is 2. The fourth-order valence-corrected chi connectivity index (χ4v) is 1.50. The maximum atomic E-state index is 11.6. The van der Waals surface area contributed by atoms with Gasteiger partial charge in [0.25, 0.3) is 5.56 Å². The van der Waals surface area contributed by atoms with E-state index in [4.69, 9.17) is 0 Å². The quantitative estimate of drug-likeness (QED) is 0.748. The highest BCUT2D eigenvalue weighted by Gasteiger charge is 2.11. The summed E-state index contributed by atoms with van der Waals surface area (Å²) in [5.74, 6) is 0. The van der Waals surface area contributed by atoms with Crippen LogP contribution < -0.4 is 11.2 Å². The van der Waals surface area contributed by atoms with E-state index in [1.165, 1.54) is 6.20 Å². The van der Waals surface area contributed by atoms with Gasteiger partial charge < -0.3 is 4.98 Å². The van der Waals surface area contributed by atoms with E-state index < -0.39 is 11.2 Å². The summed E-state index contributed by atoms with van der Waals surface area (Å²) in [6.07, 6.45) is 2.37. The molecule has 80 valence electrons. The third-order valence-electron chi connectivity index (χ3n) is 2.49. The molecule has 0 aliphatic rings. The van der Waals surface area contributed by atoms with Crippen LogP contribution >= 0.6 is 0 Å². The highest BCUT2D eigenvalue weighted by molar-refractivity contribution is 5.72. The van der Waals surface area contributed by atoms with Crippen LogP contribution in [0.5, 0.6) is 0 Å². The molecular formula is C9H12N4O2. The van der Waals surface area contributed by atoms with Gasteiger partial charge in [-0.15, -0.1) is 0 Å². The van der Waals surface area contributed by atoms with Gasteiger partial charge in [0.15, 0.2) is 5.52 Å². The van der Waals surface area contributed by atoms with E-state index >= 15 is 0 Å². The Balaban J connectivity index is 2.80.